The van der Waals surface area contributed by atoms with Gasteiger partial charge in [-0.05, 0) is 36.8 Å². The van der Waals surface area contributed by atoms with Crippen molar-refractivity contribution in [1.29, 1.82) is 0 Å². The third-order valence-electron chi connectivity index (χ3n) is 8.46. The predicted octanol–water partition coefficient (Wildman–Crippen LogP) is 9.78. The van der Waals surface area contributed by atoms with Gasteiger partial charge in [-0.1, -0.05) is 140 Å². The van der Waals surface area contributed by atoms with Gasteiger partial charge in [0.15, 0.2) is 5.52 Å². The van der Waals surface area contributed by atoms with E-state index in [2.05, 4.69) is 94.7 Å². The highest BCUT2D eigenvalue weighted by Crippen LogP contribution is 2.21. The molecular weight excluding hydrogens is 552 g/mol. The van der Waals surface area contributed by atoms with Crippen LogP contribution >= 0.6 is 0 Å². The zero-order chi connectivity index (χ0) is 30.3. The van der Waals surface area contributed by atoms with Crippen LogP contribution in [-0.2, 0) is 10.1 Å². The van der Waals surface area contributed by atoms with Crippen molar-refractivity contribution < 1.29 is 17.4 Å². The third-order valence-corrected chi connectivity index (χ3v) is 9.25. The van der Waals surface area contributed by atoms with Crippen molar-refractivity contribution in [3.63, 3.8) is 0 Å². The van der Waals surface area contributed by atoms with E-state index in [1.165, 1.54) is 116 Å². The van der Waals surface area contributed by atoms with Crippen molar-refractivity contribution in [3.8, 4) is 0 Å². The van der Waals surface area contributed by atoms with E-state index in [-0.39, 0.29) is 5.75 Å². The summed E-state index contributed by atoms with van der Waals surface area (Å²) in [6, 6.07) is 25.8. The molecule has 2 aromatic carbocycles. The Balaban J connectivity index is 0.000000197. The molecule has 5 nitrogen and oxygen atoms in total. The Morgan fingerprint density at radius 3 is 1.72 bits per heavy atom. The summed E-state index contributed by atoms with van der Waals surface area (Å²) in [7, 11) is -3.99. The van der Waals surface area contributed by atoms with E-state index in [0.29, 0.717) is 6.42 Å². The minimum atomic E-state index is -3.99. The fraction of sp³-hybridized carbons (Fsp3) is 0.486. The molecule has 0 saturated carbocycles. The normalized spacial score (nSPS) is 11.9. The molecule has 6 heteroatoms. The van der Waals surface area contributed by atoms with Crippen LogP contribution in [0.3, 0.4) is 0 Å². The highest BCUT2D eigenvalue weighted by atomic mass is 32.2. The predicted molar refractivity (Wildman–Crippen MR) is 180 cm³/mol. The Labute approximate surface area is 258 Å². The molecule has 0 amide bonds. The molecule has 43 heavy (non-hydrogen) atoms. The lowest BCUT2D eigenvalue weighted by atomic mass is 10.0. The first-order valence-electron chi connectivity index (χ1n) is 16.6. The van der Waals surface area contributed by atoms with E-state index in [0.717, 1.165) is 12.8 Å². The third kappa shape index (κ3) is 10.3. The number of aromatic nitrogens is 2. The van der Waals surface area contributed by atoms with Crippen LogP contribution in [0.5, 0.6) is 0 Å². The summed E-state index contributed by atoms with van der Waals surface area (Å²) in [5, 5.41) is 2.52. The van der Waals surface area contributed by atoms with E-state index in [1.54, 1.807) is 0 Å². The molecule has 0 fully saturated rings. The number of fused-ring (bicyclic) bond motifs is 7. The number of nitrogens with zero attached hydrogens (tertiary/aromatic N) is 2. The monoisotopic (exact) mass is 602 g/mol. The Kier molecular flexibility index (Phi) is 13.3. The zero-order valence-electron chi connectivity index (χ0n) is 26.1. The van der Waals surface area contributed by atoms with Crippen molar-refractivity contribution in [2.75, 3.05) is 5.75 Å². The van der Waals surface area contributed by atoms with Gasteiger partial charge in [-0.3, -0.25) is 0 Å². The van der Waals surface area contributed by atoms with Gasteiger partial charge in [0.2, 0.25) is 0 Å². The maximum atomic E-state index is 10.4. The van der Waals surface area contributed by atoms with Gasteiger partial charge in [0.25, 0.3) is 5.65 Å². The molecule has 3 heterocycles. The fourth-order valence-corrected chi connectivity index (χ4v) is 6.63. The van der Waals surface area contributed by atoms with Crippen LogP contribution < -0.4 is 4.40 Å². The van der Waals surface area contributed by atoms with Crippen molar-refractivity contribution in [2.45, 2.75) is 110 Å². The molecule has 3 aromatic heterocycles. The van der Waals surface area contributed by atoms with Crippen LogP contribution in [0.15, 0.2) is 79.0 Å². The number of imidazole rings is 1. The molecule has 232 valence electrons. The average molecular weight is 603 g/mol. The number of rotatable bonds is 17. The van der Waals surface area contributed by atoms with Crippen LogP contribution in [0.2, 0.25) is 0 Å². The highest BCUT2D eigenvalue weighted by molar-refractivity contribution is 7.85. The summed E-state index contributed by atoms with van der Waals surface area (Å²) in [6.45, 7) is 2.26. The SMILES string of the molecule is CCCCCCCCCCCCCCCCCCS(=O)(=O)[O-].c1ccc2c(c1)ccc1c[n+]3c4ccccc4ccc3n12. The minimum Gasteiger partial charge on any atom is -0.748 e. The summed E-state index contributed by atoms with van der Waals surface area (Å²) in [4.78, 5) is 0. The molecular formula is C37H50N2O3S. The number of hydrogen-bond donors (Lipinski definition) is 0. The smallest absolute Gasteiger partial charge is 0.292 e. The van der Waals surface area contributed by atoms with E-state index >= 15 is 0 Å². The summed E-state index contributed by atoms with van der Waals surface area (Å²) in [6.07, 6.45) is 22.3. The van der Waals surface area contributed by atoms with Gasteiger partial charge >= 0.3 is 0 Å². The number of unbranched alkanes of at least 4 members (excludes halogenated alkanes) is 15. The van der Waals surface area contributed by atoms with Gasteiger partial charge in [-0.15, -0.1) is 0 Å². The van der Waals surface area contributed by atoms with Crippen LogP contribution in [0.1, 0.15) is 110 Å². The highest BCUT2D eigenvalue weighted by Gasteiger charge is 2.15. The van der Waals surface area contributed by atoms with Gasteiger partial charge in [0.05, 0.1) is 10.1 Å². The van der Waals surface area contributed by atoms with Gasteiger partial charge in [0, 0.05) is 22.6 Å². The molecule has 0 N–H and O–H groups in total. The van der Waals surface area contributed by atoms with E-state index in [9.17, 15) is 13.0 Å². The first-order chi connectivity index (χ1) is 21.0. The Bertz CT molecular complexity index is 1660. The topological polar surface area (TPSA) is 65.7 Å². The lowest BCUT2D eigenvalue weighted by molar-refractivity contribution is -0.479. The van der Waals surface area contributed by atoms with Gasteiger partial charge in [-0.25, -0.2) is 8.42 Å². The van der Waals surface area contributed by atoms with E-state index in [1.807, 2.05) is 0 Å². The number of para-hydroxylation sites is 2. The Morgan fingerprint density at radius 2 is 1.12 bits per heavy atom. The lowest BCUT2D eigenvalue weighted by Gasteiger charge is -2.06. The second kappa shape index (κ2) is 17.4. The van der Waals surface area contributed by atoms with Crippen molar-refractivity contribution in [1.82, 2.24) is 4.40 Å². The molecule has 0 unspecified atom stereocenters. The molecule has 0 aliphatic rings. The van der Waals surface area contributed by atoms with E-state index in [4.69, 9.17) is 0 Å². The molecule has 0 radical (unpaired) electrons. The first-order valence-corrected chi connectivity index (χ1v) is 18.2. The molecule has 0 spiro atoms. The maximum Gasteiger partial charge on any atom is 0.292 e. The molecule has 0 bridgehead atoms. The van der Waals surface area contributed by atoms with Crippen LogP contribution in [0.4, 0.5) is 0 Å². The largest absolute Gasteiger partial charge is 0.748 e. The Morgan fingerprint density at radius 1 is 0.605 bits per heavy atom. The second-order valence-electron chi connectivity index (χ2n) is 12.0. The summed E-state index contributed by atoms with van der Waals surface area (Å²) < 4.78 is 35.9. The molecule has 5 aromatic rings. The first kappa shape index (κ1) is 32.9. The fourth-order valence-electron chi connectivity index (χ4n) is 6.07. The molecule has 0 aliphatic heterocycles. The van der Waals surface area contributed by atoms with Crippen LogP contribution in [-0.4, -0.2) is 23.1 Å². The molecule has 0 aliphatic carbocycles. The van der Waals surface area contributed by atoms with Gasteiger partial charge in [-0.2, -0.15) is 8.80 Å². The molecule has 0 atom stereocenters. The number of pyridine rings is 2. The van der Waals surface area contributed by atoms with Crippen LogP contribution in [0, 0.1) is 0 Å². The van der Waals surface area contributed by atoms with Gasteiger partial charge < -0.3 is 4.55 Å². The average Bonchev–Trinajstić information content (AvgIpc) is 3.41. The quantitative estimate of drug-likeness (QED) is 0.0604. The molecule has 0 saturated heterocycles. The summed E-state index contributed by atoms with van der Waals surface area (Å²) >= 11 is 0. The van der Waals surface area contributed by atoms with Crippen LogP contribution in [0.25, 0.3) is 33.0 Å². The molecule has 5 rings (SSSR count). The number of hydrogen-bond acceptors (Lipinski definition) is 3. The zero-order valence-corrected chi connectivity index (χ0v) is 26.9. The Hall–Kier alpha value is -2.96. The maximum absolute atomic E-state index is 10.4. The lowest BCUT2D eigenvalue weighted by Crippen LogP contribution is -2.19. The summed E-state index contributed by atoms with van der Waals surface area (Å²) in [5.74, 6) is -0.189. The second-order valence-corrected chi connectivity index (χ2v) is 13.5. The minimum absolute atomic E-state index is 0.189. The van der Waals surface area contributed by atoms with Crippen molar-refractivity contribution in [2.24, 2.45) is 0 Å². The van der Waals surface area contributed by atoms with E-state index < -0.39 is 10.1 Å². The standard InChI is InChI=1S/C19H13N2.C18H38O3S/c1-3-7-17-14(5-1)10-12-19-20(17)13-16-11-9-15-6-2-4-8-18(15)21(16)19;1-2-3-4-5-6-7-8-9-10-11-12-13-14-15-16-17-18-22(19,20)21/h1-13H;2-18H2,1H3,(H,19,20,21)/q+1;/p-1. The number of benzene rings is 2. The summed E-state index contributed by atoms with van der Waals surface area (Å²) in [5.41, 5.74) is 4.89. The van der Waals surface area contributed by atoms with Crippen molar-refractivity contribution >= 4 is 43.1 Å². The van der Waals surface area contributed by atoms with Crippen molar-refractivity contribution in [3.05, 3.63) is 79.0 Å². The van der Waals surface area contributed by atoms with Gasteiger partial charge in [0.1, 0.15) is 17.2 Å².